The molecule has 1 aromatic heterocycles. The van der Waals surface area contributed by atoms with Gasteiger partial charge in [-0.05, 0) is 19.9 Å². The monoisotopic (exact) mass is 247 g/mol. The van der Waals surface area contributed by atoms with Crippen LogP contribution < -0.4 is 0 Å². The van der Waals surface area contributed by atoms with Crippen LogP contribution in [0.25, 0.3) is 10.6 Å². The molecule has 0 amide bonds. The van der Waals surface area contributed by atoms with E-state index in [1.807, 2.05) is 32.0 Å². The van der Waals surface area contributed by atoms with Crippen LogP contribution in [0.3, 0.4) is 0 Å². The summed E-state index contributed by atoms with van der Waals surface area (Å²) in [6, 6.07) is 8.07. The van der Waals surface area contributed by atoms with E-state index in [9.17, 15) is 4.79 Å². The Kier molecular flexibility index (Phi) is 3.24. The molecule has 0 unspecified atom stereocenters. The number of thiazole rings is 1. The minimum atomic E-state index is -0.812. The number of carboxylic acids is 1. The highest BCUT2D eigenvalue weighted by molar-refractivity contribution is 7.15. The van der Waals surface area contributed by atoms with Crippen LogP contribution in [-0.2, 0) is 11.2 Å². The van der Waals surface area contributed by atoms with Crippen molar-refractivity contribution < 1.29 is 9.90 Å². The fourth-order valence-corrected chi connectivity index (χ4v) is 2.68. The summed E-state index contributed by atoms with van der Waals surface area (Å²) in [7, 11) is 0. The predicted molar refractivity (Wildman–Crippen MR) is 68.4 cm³/mol. The lowest BCUT2D eigenvalue weighted by molar-refractivity contribution is -0.136. The SMILES string of the molecule is Cc1cccc(-c2nc(C)c(CC(=O)O)s2)c1. The number of hydrogen-bond acceptors (Lipinski definition) is 3. The largest absolute Gasteiger partial charge is 0.481 e. The molecule has 0 atom stereocenters. The smallest absolute Gasteiger partial charge is 0.308 e. The molecule has 88 valence electrons. The van der Waals surface area contributed by atoms with Crippen LogP contribution in [-0.4, -0.2) is 16.1 Å². The molecule has 0 bridgehead atoms. The number of aromatic nitrogens is 1. The van der Waals surface area contributed by atoms with E-state index in [-0.39, 0.29) is 6.42 Å². The summed E-state index contributed by atoms with van der Waals surface area (Å²) in [5.41, 5.74) is 3.04. The Balaban J connectivity index is 2.37. The molecule has 2 rings (SSSR count). The van der Waals surface area contributed by atoms with Gasteiger partial charge in [0.05, 0.1) is 12.1 Å². The zero-order valence-electron chi connectivity index (χ0n) is 9.73. The first-order valence-electron chi connectivity index (χ1n) is 5.31. The van der Waals surface area contributed by atoms with Crippen LogP contribution in [0.1, 0.15) is 16.1 Å². The molecule has 0 spiro atoms. The average molecular weight is 247 g/mol. The Labute approximate surface area is 104 Å². The van der Waals surface area contributed by atoms with Gasteiger partial charge in [0, 0.05) is 10.4 Å². The molecule has 1 N–H and O–H groups in total. The summed E-state index contributed by atoms with van der Waals surface area (Å²) < 4.78 is 0. The van der Waals surface area contributed by atoms with Crippen molar-refractivity contribution in [3.05, 3.63) is 40.4 Å². The minimum Gasteiger partial charge on any atom is -0.481 e. The quantitative estimate of drug-likeness (QED) is 0.906. The molecular formula is C13H13NO2S. The number of rotatable bonds is 3. The van der Waals surface area contributed by atoms with Crippen LogP contribution in [0.5, 0.6) is 0 Å². The van der Waals surface area contributed by atoms with Gasteiger partial charge in [0.25, 0.3) is 0 Å². The number of aryl methyl sites for hydroxylation is 2. The molecule has 17 heavy (non-hydrogen) atoms. The van der Waals surface area contributed by atoms with Gasteiger partial charge in [0.2, 0.25) is 0 Å². The Morgan fingerprint density at radius 2 is 2.18 bits per heavy atom. The van der Waals surface area contributed by atoms with Crippen LogP contribution in [0.2, 0.25) is 0 Å². The van der Waals surface area contributed by atoms with Gasteiger partial charge in [-0.25, -0.2) is 4.98 Å². The second kappa shape index (κ2) is 4.67. The first kappa shape index (κ1) is 11.8. The van der Waals surface area contributed by atoms with Crippen molar-refractivity contribution in [3.63, 3.8) is 0 Å². The van der Waals surface area contributed by atoms with Crippen LogP contribution >= 0.6 is 11.3 Å². The maximum absolute atomic E-state index is 10.7. The van der Waals surface area contributed by atoms with Gasteiger partial charge in [-0.3, -0.25) is 4.79 Å². The second-order valence-corrected chi connectivity index (χ2v) is 5.05. The summed E-state index contributed by atoms with van der Waals surface area (Å²) >= 11 is 1.46. The van der Waals surface area contributed by atoms with Crippen molar-refractivity contribution in [2.45, 2.75) is 20.3 Å². The van der Waals surface area contributed by atoms with E-state index >= 15 is 0 Å². The van der Waals surface area contributed by atoms with Crippen LogP contribution in [0.15, 0.2) is 24.3 Å². The van der Waals surface area contributed by atoms with Crippen LogP contribution in [0.4, 0.5) is 0 Å². The second-order valence-electron chi connectivity index (χ2n) is 3.97. The molecule has 2 aromatic rings. The molecule has 0 aliphatic carbocycles. The first-order chi connectivity index (χ1) is 8.06. The number of benzene rings is 1. The van der Waals surface area contributed by atoms with E-state index in [0.717, 1.165) is 21.1 Å². The van der Waals surface area contributed by atoms with Gasteiger partial charge in [0.15, 0.2) is 0 Å². The van der Waals surface area contributed by atoms with E-state index in [1.165, 1.54) is 16.9 Å². The summed E-state index contributed by atoms with van der Waals surface area (Å²) in [4.78, 5) is 16.0. The average Bonchev–Trinajstić information content (AvgIpc) is 2.59. The van der Waals surface area contributed by atoms with Crippen molar-refractivity contribution in [1.29, 1.82) is 0 Å². The number of aliphatic carboxylic acids is 1. The van der Waals surface area contributed by atoms with E-state index in [4.69, 9.17) is 5.11 Å². The molecule has 0 radical (unpaired) electrons. The summed E-state index contributed by atoms with van der Waals surface area (Å²) in [6.07, 6.45) is 0.0509. The topological polar surface area (TPSA) is 50.2 Å². The fourth-order valence-electron chi connectivity index (χ4n) is 1.63. The molecule has 4 heteroatoms. The molecule has 3 nitrogen and oxygen atoms in total. The van der Waals surface area contributed by atoms with E-state index < -0.39 is 5.97 Å². The fraction of sp³-hybridized carbons (Fsp3) is 0.231. The molecule has 0 saturated carbocycles. The van der Waals surface area contributed by atoms with Crippen molar-refractivity contribution >= 4 is 17.3 Å². The normalized spacial score (nSPS) is 10.5. The Morgan fingerprint density at radius 3 is 2.82 bits per heavy atom. The number of carboxylic acid groups (broad SMARTS) is 1. The van der Waals surface area contributed by atoms with Crippen molar-refractivity contribution in [2.24, 2.45) is 0 Å². The zero-order valence-corrected chi connectivity index (χ0v) is 10.5. The van der Waals surface area contributed by atoms with Crippen molar-refractivity contribution in [2.75, 3.05) is 0 Å². The third-order valence-corrected chi connectivity index (χ3v) is 3.68. The zero-order chi connectivity index (χ0) is 12.4. The number of hydrogen-bond donors (Lipinski definition) is 1. The third kappa shape index (κ3) is 2.71. The van der Waals surface area contributed by atoms with Crippen molar-refractivity contribution in [1.82, 2.24) is 4.98 Å². The van der Waals surface area contributed by atoms with Gasteiger partial charge >= 0.3 is 5.97 Å². The molecule has 0 saturated heterocycles. The maximum Gasteiger partial charge on any atom is 0.308 e. The molecular weight excluding hydrogens is 234 g/mol. The van der Waals surface area contributed by atoms with Gasteiger partial charge in [-0.15, -0.1) is 11.3 Å². The first-order valence-corrected chi connectivity index (χ1v) is 6.13. The highest BCUT2D eigenvalue weighted by Gasteiger charge is 2.12. The lowest BCUT2D eigenvalue weighted by Gasteiger charge is -1.96. The van der Waals surface area contributed by atoms with Crippen molar-refractivity contribution in [3.8, 4) is 10.6 Å². The Hall–Kier alpha value is -1.68. The summed E-state index contributed by atoms with van der Waals surface area (Å²) in [5.74, 6) is -0.812. The molecule has 0 fully saturated rings. The lowest BCUT2D eigenvalue weighted by atomic mass is 10.1. The standard InChI is InChI=1S/C13H13NO2S/c1-8-4-3-5-10(6-8)13-14-9(2)11(17-13)7-12(15)16/h3-6H,7H2,1-2H3,(H,15,16). The maximum atomic E-state index is 10.7. The number of carbonyl (C=O) groups is 1. The van der Waals surface area contributed by atoms with Gasteiger partial charge in [0.1, 0.15) is 5.01 Å². The van der Waals surface area contributed by atoms with E-state index in [1.54, 1.807) is 0 Å². The van der Waals surface area contributed by atoms with E-state index in [0.29, 0.717) is 0 Å². The molecule has 1 heterocycles. The minimum absolute atomic E-state index is 0.0509. The van der Waals surface area contributed by atoms with Gasteiger partial charge in [-0.2, -0.15) is 0 Å². The van der Waals surface area contributed by atoms with Gasteiger partial charge in [-0.1, -0.05) is 23.8 Å². The Bertz CT molecular complexity index is 560. The van der Waals surface area contributed by atoms with E-state index in [2.05, 4.69) is 11.1 Å². The molecule has 0 aliphatic heterocycles. The lowest BCUT2D eigenvalue weighted by Crippen LogP contribution is -1.99. The van der Waals surface area contributed by atoms with Crippen LogP contribution in [0, 0.1) is 13.8 Å². The third-order valence-electron chi connectivity index (χ3n) is 2.47. The molecule has 1 aromatic carbocycles. The predicted octanol–water partition coefficient (Wildman–Crippen LogP) is 3.05. The highest BCUT2D eigenvalue weighted by atomic mass is 32.1. The highest BCUT2D eigenvalue weighted by Crippen LogP contribution is 2.28. The Morgan fingerprint density at radius 1 is 1.41 bits per heavy atom. The van der Waals surface area contributed by atoms with Gasteiger partial charge < -0.3 is 5.11 Å². The summed E-state index contributed by atoms with van der Waals surface area (Å²) in [5, 5.41) is 9.69. The summed E-state index contributed by atoms with van der Waals surface area (Å²) in [6.45, 7) is 3.89. The molecule has 0 aliphatic rings. The number of nitrogens with zero attached hydrogens (tertiary/aromatic N) is 1.